The van der Waals surface area contributed by atoms with E-state index in [9.17, 15) is 19.2 Å². The predicted molar refractivity (Wildman–Crippen MR) is 159 cm³/mol. The molecule has 1 atom stereocenters. The first kappa shape index (κ1) is 30.8. The first-order valence-corrected chi connectivity index (χ1v) is 15.3. The van der Waals surface area contributed by atoms with Gasteiger partial charge in [0.1, 0.15) is 4.32 Å². The highest BCUT2D eigenvalue weighted by molar-refractivity contribution is 8.25. The van der Waals surface area contributed by atoms with Gasteiger partial charge in [-0.2, -0.15) is 0 Å². The van der Waals surface area contributed by atoms with Crippen molar-refractivity contribution in [2.45, 2.75) is 77.1 Å². The lowest BCUT2D eigenvalue weighted by Crippen LogP contribution is -2.49. The van der Waals surface area contributed by atoms with Crippen LogP contribution in [0.5, 0.6) is 0 Å². The van der Waals surface area contributed by atoms with Crippen LogP contribution in [0.25, 0.3) is 0 Å². The van der Waals surface area contributed by atoms with Crippen LogP contribution in [0.3, 0.4) is 0 Å². The van der Waals surface area contributed by atoms with Crippen LogP contribution in [0.2, 0.25) is 0 Å². The summed E-state index contributed by atoms with van der Waals surface area (Å²) in [6.45, 7) is 7.03. The molecule has 3 aliphatic rings. The first-order chi connectivity index (χ1) is 19.7. The van der Waals surface area contributed by atoms with Gasteiger partial charge in [0.15, 0.2) is 4.75 Å². The van der Waals surface area contributed by atoms with Crippen molar-refractivity contribution >= 4 is 52.1 Å². The quantitative estimate of drug-likeness (QED) is 0.237. The molecule has 41 heavy (non-hydrogen) atoms. The topological polar surface area (TPSA) is 111 Å². The van der Waals surface area contributed by atoms with Crippen LogP contribution in [-0.2, 0) is 39.9 Å². The summed E-state index contributed by atoms with van der Waals surface area (Å²) in [5.41, 5.74) is 1.28. The first-order valence-electron chi connectivity index (χ1n) is 14.1. The van der Waals surface area contributed by atoms with Gasteiger partial charge in [-0.3, -0.25) is 9.69 Å². The van der Waals surface area contributed by atoms with Crippen LogP contribution in [0.4, 0.5) is 0 Å². The maximum absolute atomic E-state index is 14.6. The van der Waals surface area contributed by atoms with Crippen molar-refractivity contribution in [3.8, 4) is 0 Å². The van der Waals surface area contributed by atoms with Gasteiger partial charge in [0.25, 0.3) is 5.91 Å². The molecule has 0 aromatic heterocycles. The van der Waals surface area contributed by atoms with Gasteiger partial charge >= 0.3 is 17.9 Å². The third kappa shape index (κ3) is 5.92. The molecular weight excluding hydrogens is 564 g/mol. The normalized spacial score (nSPS) is 21.1. The third-order valence-corrected chi connectivity index (χ3v) is 9.07. The fraction of sp³-hybridized carbons (Fsp3) is 0.500. The molecular formula is C30H36N2O7S2. The minimum atomic E-state index is -1.84. The number of thioether (sulfide) groups is 1. The van der Waals surface area contributed by atoms with E-state index in [4.69, 9.17) is 26.4 Å². The Balaban J connectivity index is 1.95. The molecule has 1 saturated carbocycles. The molecule has 2 fully saturated rings. The highest BCUT2D eigenvalue weighted by atomic mass is 32.2. The van der Waals surface area contributed by atoms with Gasteiger partial charge in [-0.15, -0.1) is 0 Å². The Labute approximate surface area is 250 Å². The van der Waals surface area contributed by atoms with Crippen molar-refractivity contribution in [2.24, 2.45) is 0 Å². The number of thiocarbonyl (C=S) groups is 1. The van der Waals surface area contributed by atoms with Gasteiger partial charge in [0.2, 0.25) is 0 Å². The molecule has 0 radical (unpaired) electrons. The van der Waals surface area contributed by atoms with E-state index in [1.165, 1.54) is 4.90 Å². The standard InChI is InChI=1S/C30H36N2O7S2/c1-5-37-25(33)21-22(26(34)38-6-2)24(31-20-11-9-8-10-12-20)30(23(21)27(35)39-7-3)28(36)32(29(40)41-30)17-19-15-13-18(4)14-16-19/h13-16,20,31H,5-12,17H2,1-4H3. The van der Waals surface area contributed by atoms with Gasteiger partial charge in [-0.1, -0.05) is 73.1 Å². The molecule has 1 saturated heterocycles. The van der Waals surface area contributed by atoms with Crippen molar-refractivity contribution in [3.05, 3.63) is 57.8 Å². The lowest BCUT2D eigenvalue weighted by atomic mass is 9.91. The van der Waals surface area contributed by atoms with E-state index < -0.39 is 28.6 Å². The van der Waals surface area contributed by atoms with Gasteiger partial charge < -0.3 is 19.5 Å². The maximum Gasteiger partial charge on any atom is 0.340 e. The smallest absolute Gasteiger partial charge is 0.340 e. The van der Waals surface area contributed by atoms with Crippen molar-refractivity contribution in [1.29, 1.82) is 0 Å². The fourth-order valence-corrected chi connectivity index (χ4v) is 7.24. The summed E-state index contributed by atoms with van der Waals surface area (Å²) in [5.74, 6) is -3.16. The van der Waals surface area contributed by atoms with E-state index >= 15 is 0 Å². The minimum Gasteiger partial charge on any atom is -0.463 e. The molecule has 1 aromatic carbocycles. The van der Waals surface area contributed by atoms with Crippen LogP contribution in [0, 0.1) is 6.92 Å². The number of nitrogens with zero attached hydrogens (tertiary/aromatic N) is 1. The molecule has 1 aliphatic heterocycles. The van der Waals surface area contributed by atoms with Gasteiger partial charge in [0, 0.05) is 6.04 Å². The molecule has 9 nitrogen and oxygen atoms in total. The zero-order valence-electron chi connectivity index (χ0n) is 23.9. The Morgan fingerprint density at radius 1 is 0.927 bits per heavy atom. The van der Waals surface area contributed by atoms with Crippen molar-refractivity contribution in [3.63, 3.8) is 0 Å². The summed E-state index contributed by atoms with van der Waals surface area (Å²) in [7, 11) is 0. The zero-order chi connectivity index (χ0) is 29.7. The number of hydrogen-bond donors (Lipinski definition) is 1. The zero-order valence-corrected chi connectivity index (χ0v) is 25.5. The number of esters is 3. The Hall–Kier alpha value is -3.18. The van der Waals surface area contributed by atoms with E-state index in [0.29, 0.717) is 0 Å². The number of nitrogens with one attached hydrogen (secondary N) is 1. The molecule has 220 valence electrons. The van der Waals surface area contributed by atoms with Crippen LogP contribution in [0.15, 0.2) is 46.7 Å². The Morgan fingerprint density at radius 2 is 1.49 bits per heavy atom. The molecule has 11 heteroatoms. The van der Waals surface area contributed by atoms with Crippen molar-refractivity contribution in [1.82, 2.24) is 10.2 Å². The molecule has 1 spiro atoms. The average molecular weight is 601 g/mol. The van der Waals surface area contributed by atoms with E-state index in [2.05, 4.69) is 5.32 Å². The van der Waals surface area contributed by atoms with Crippen LogP contribution < -0.4 is 5.32 Å². The molecule has 1 N–H and O–H groups in total. The molecule has 1 heterocycles. The maximum atomic E-state index is 14.6. The molecule has 1 amide bonds. The monoisotopic (exact) mass is 600 g/mol. The van der Waals surface area contributed by atoms with Gasteiger partial charge in [0.05, 0.1) is 48.8 Å². The highest BCUT2D eigenvalue weighted by Crippen LogP contribution is 2.55. The van der Waals surface area contributed by atoms with Gasteiger partial charge in [-0.25, -0.2) is 14.4 Å². The summed E-state index contributed by atoms with van der Waals surface area (Å²) >= 11 is 6.70. The number of hydrogen-bond acceptors (Lipinski definition) is 10. The number of rotatable bonds is 10. The SMILES string of the molecule is CCOC(=O)C1=C(NC2CCCCC2)C2(SC(=S)N(Cc3ccc(C)cc3)C2=O)C(C(=O)OCC)=C1C(=O)OCC. The lowest BCUT2D eigenvalue weighted by molar-refractivity contribution is -0.143. The Bertz CT molecular complexity index is 1300. The Kier molecular flexibility index (Phi) is 9.91. The average Bonchev–Trinajstić information content (AvgIpc) is 3.37. The van der Waals surface area contributed by atoms with Crippen molar-refractivity contribution in [2.75, 3.05) is 19.8 Å². The van der Waals surface area contributed by atoms with Crippen molar-refractivity contribution < 1.29 is 33.4 Å². The molecule has 0 bridgehead atoms. The summed E-state index contributed by atoms with van der Waals surface area (Å²) in [4.78, 5) is 56.9. The second kappa shape index (κ2) is 13.2. The van der Waals surface area contributed by atoms with E-state index in [1.807, 2.05) is 31.2 Å². The number of amides is 1. The second-order valence-corrected chi connectivity index (χ2v) is 11.9. The number of ether oxygens (including phenoxy) is 3. The fourth-order valence-electron chi connectivity index (χ4n) is 5.45. The highest BCUT2D eigenvalue weighted by Gasteiger charge is 2.65. The lowest BCUT2D eigenvalue weighted by Gasteiger charge is -2.32. The molecule has 2 aliphatic carbocycles. The number of carbonyl (C=O) groups excluding carboxylic acids is 4. The van der Waals surface area contributed by atoms with E-state index in [1.54, 1.807) is 20.8 Å². The predicted octanol–water partition coefficient (Wildman–Crippen LogP) is 4.27. The summed E-state index contributed by atoms with van der Waals surface area (Å²) in [5, 5.41) is 3.43. The van der Waals surface area contributed by atoms with E-state index in [0.717, 1.165) is 55.0 Å². The van der Waals surface area contributed by atoms with Crippen LogP contribution in [-0.4, -0.2) is 63.6 Å². The van der Waals surface area contributed by atoms with Crippen LogP contribution in [0.1, 0.15) is 64.0 Å². The minimum absolute atomic E-state index is 0.00796. The largest absolute Gasteiger partial charge is 0.463 e. The van der Waals surface area contributed by atoms with E-state index in [-0.39, 0.29) is 59.1 Å². The van der Waals surface area contributed by atoms with Gasteiger partial charge in [-0.05, 0) is 46.1 Å². The third-order valence-electron chi connectivity index (χ3n) is 7.31. The molecule has 4 rings (SSSR count). The summed E-state index contributed by atoms with van der Waals surface area (Å²) in [6.07, 6.45) is 4.62. The van der Waals surface area contributed by atoms with Crippen LogP contribution >= 0.6 is 24.0 Å². The number of aryl methyl sites for hydroxylation is 1. The number of carbonyl (C=O) groups is 4. The molecule has 1 unspecified atom stereocenters. The second-order valence-electron chi connectivity index (χ2n) is 10.1. The summed E-state index contributed by atoms with van der Waals surface area (Å²) in [6, 6.07) is 7.61. The number of benzene rings is 1. The Morgan fingerprint density at radius 3 is 2.07 bits per heavy atom. The summed E-state index contributed by atoms with van der Waals surface area (Å²) < 4.78 is 14.5. The molecule has 1 aromatic rings.